The summed E-state index contributed by atoms with van der Waals surface area (Å²) >= 11 is 0. The van der Waals surface area contributed by atoms with Crippen LogP contribution in [0.4, 0.5) is 9.18 Å². The minimum Gasteiger partial charge on any atom is -0.444 e. The van der Waals surface area contributed by atoms with Gasteiger partial charge in [-0.2, -0.15) is 0 Å². The van der Waals surface area contributed by atoms with Crippen molar-refractivity contribution in [3.63, 3.8) is 0 Å². The standard InChI is InChI=1S/C19H27FN2O2/c1-18(2,3)16-11-13-7-8-14(20)12-15(13)22(16)10-9-21-17(23)24-19(4,5)6/h7-8,11-12H,9-10H2,1-6H3,(H,21,23). The molecule has 0 aliphatic carbocycles. The molecule has 4 nitrogen and oxygen atoms in total. The molecule has 0 fully saturated rings. The maximum atomic E-state index is 13.7. The average molecular weight is 334 g/mol. The van der Waals surface area contributed by atoms with Crippen LogP contribution >= 0.6 is 0 Å². The van der Waals surface area contributed by atoms with E-state index in [0.29, 0.717) is 13.1 Å². The summed E-state index contributed by atoms with van der Waals surface area (Å²) in [6.45, 7) is 12.8. The second-order valence-corrected chi connectivity index (χ2v) is 8.06. The van der Waals surface area contributed by atoms with E-state index in [4.69, 9.17) is 4.74 Å². The molecule has 1 amide bonds. The summed E-state index contributed by atoms with van der Waals surface area (Å²) in [6.07, 6.45) is -0.442. The van der Waals surface area contributed by atoms with Gasteiger partial charge in [-0.1, -0.05) is 20.8 Å². The van der Waals surface area contributed by atoms with E-state index in [0.717, 1.165) is 16.6 Å². The number of aromatic nitrogens is 1. The Morgan fingerprint density at radius 3 is 2.42 bits per heavy atom. The fourth-order valence-corrected chi connectivity index (χ4v) is 2.67. The molecule has 1 aromatic carbocycles. The second-order valence-electron chi connectivity index (χ2n) is 8.06. The molecule has 1 N–H and O–H groups in total. The van der Waals surface area contributed by atoms with Gasteiger partial charge in [-0.15, -0.1) is 0 Å². The van der Waals surface area contributed by atoms with Crippen molar-refractivity contribution in [2.75, 3.05) is 6.54 Å². The molecule has 0 saturated carbocycles. The van der Waals surface area contributed by atoms with Gasteiger partial charge in [-0.3, -0.25) is 0 Å². The number of alkyl carbamates (subject to hydrolysis) is 1. The van der Waals surface area contributed by atoms with E-state index in [1.54, 1.807) is 6.07 Å². The van der Waals surface area contributed by atoms with E-state index < -0.39 is 11.7 Å². The Balaban J connectivity index is 2.21. The SMILES string of the molecule is CC(C)(C)OC(=O)NCCn1c(C(C)(C)C)cc2ccc(F)cc21. The monoisotopic (exact) mass is 334 g/mol. The molecule has 24 heavy (non-hydrogen) atoms. The number of benzene rings is 1. The molecule has 0 aliphatic rings. The lowest BCUT2D eigenvalue weighted by Crippen LogP contribution is -2.34. The van der Waals surface area contributed by atoms with E-state index in [-0.39, 0.29) is 11.2 Å². The van der Waals surface area contributed by atoms with Gasteiger partial charge in [0, 0.05) is 29.6 Å². The second kappa shape index (κ2) is 6.46. The lowest BCUT2D eigenvalue weighted by molar-refractivity contribution is 0.0526. The van der Waals surface area contributed by atoms with Crippen molar-refractivity contribution in [3.05, 3.63) is 35.8 Å². The number of fused-ring (bicyclic) bond motifs is 1. The van der Waals surface area contributed by atoms with Gasteiger partial charge in [-0.25, -0.2) is 9.18 Å². The van der Waals surface area contributed by atoms with Gasteiger partial charge in [0.15, 0.2) is 0 Å². The highest BCUT2D eigenvalue weighted by atomic mass is 19.1. The smallest absolute Gasteiger partial charge is 0.407 e. The third kappa shape index (κ3) is 4.49. The summed E-state index contributed by atoms with van der Waals surface area (Å²) in [5, 5.41) is 3.76. The van der Waals surface area contributed by atoms with Crippen molar-refractivity contribution in [3.8, 4) is 0 Å². The molecule has 2 aromatic rings. The number of hydrogen-bond acceptors (Lipinski definition) is 2. The van der Waals surface area contributed by atoms with Crippen LogP contribution in [0, 0.1) is 5.82 Å². The quantitative estimate of drug-likeness (QED) is 0.891. The van der Waals surface area contributed by atoms with Gasteiger partial charge in [0.1, 0.15) is 11.4 Å². The van der Waals surface area contributed by atoms with E-state index in [1.165, 1.54) is 12.1 Å². The van der Waals surface area contributed by atoms with Gasteiger partial charge < -0.3 is 14.6 Å². The van der Waals surface area contributed by atoms with Crippen molar-refractivity contribution >= 4 is 17.0 Å². The van der Waals surface area contributed by atoms with E-state index >= 15 is 0 Å². The maximum absolute atomic E-state index is 13.7. The summed E-state index contributed by atoms with van der Waals surface area (Å²) in [5.41, 5.74) is 1.34. The maximum Gasteiger partial charge on any atom is 0.407 e. The van der Waals surface area contributed by atoms with Crippen LogP contribution in [0.1, 0.15) is 47.2 Å². The molecule has 2 rings (SSSR count). The highest BCUT2D eigenvalue weighted by Crippen LogP contribution is 2.29. The lowest BCUT2D eigenvalue weighted by atomic mass is 9.92. The lowest BCUT2D eigenvalue weighted by Gasteiger charge is -2.23. The van der Waals surface area contributed by atoms with Crippen LogP contribution in [0.2, 0.25) is 0 Å². The molecule has 1 heterocycles. The number of rotatable bonds is 3. The molecule has 1 aromatic heterocycles. The highest BCUT2D eigenvalue weighted by molar-refractivity contribution is 5.81. The van der Waals surface area contributed by atoms with E-state index in [9.17, 15) is 9.18 Å². The number of nitrogens with zero attached hydrogens (tertiary/aromatic N) is 1. The number of nitrogens with one attached hydrogen (secondary N) is 1. The molecular weight excluding hydrogens is 307 g/mol. The number of hydrogen-bond donors (Lipinski definition) is 1. The zero-order chi connectivity index (χ0) is 18.1. The molecular formula is C19H27FN2O2. The fourth-order valence-electron chi connectivity index (χ4n) is 2.67. The highest BCUT2D eigenvalue weighted by Gasteiger charge is 2.21. The first-order valence-electron chi connectivity index (χ1n) is 8.23. The Kier molecular flexibility index (Phi) is 4.92. The first-order chi connectivity index (χ1) is 11.0. The van der Waals surface area contributed by atoms with Gasteiger partial charge in [-0.05, 0) is 45.0 Å². The first-order valence-corrected chi connectivity index (χ1v) is 8.23. The molecule has 0 atom stereocenters. The molecule has 0 bridgehead atoms. The predicted octanol–water partition coefficient (Wildman–Crippen LogP) is 4.60. The fraction of sp³-hybridized carbons (Fsp3) is 0.526. The van der Waals surface area contributed by atoms with Gasteiger partial charge in [0.2, 0.25) is 0 Å². The Morgan fingerprint density at radius 1 is 1.17 bits per heavy atom. The summed E-state index contributed by atoms with van der Waals surface area (Å²) in [4.78, 5) is 11.8. The summed E-state index contributed by atoms with van der Waals surface area (Å²) in [5.74, 6) is -0.262. The Hall–Kier alpha value is -2.04. The van der Waals surface area contributed by atoms with Crippen LogP contribution in [0.5, 0.6) is 0 Å². The zero-order valence-corrected chi connectivity index (χ0v) is 15.4. The Morgan fingerprint density at radius 2 is 1.83 bits per heavy atom. The predicted molar refractivity (Wildman–Crippen MR) is 94.8 cm³/mol. The van der Waals surface area contributed by atoms with Crippen LogP contribution < -0.4 is 5.32 Å². The number of ether oxygens (including phenoxy) is 1. The van der Waals surface area contributed by atoms with Crippen molar-refractivity contribution in [1.82, 2.24) is 9.88 Å². The summed E-state index contributed by atoms with van der Waals surface area (Å²) < 4.78 is 21.0. The minimum atomic E-state index is -0.524. The van der Waals surface area contributed by atoms with E-state index in [1.807, 2.05) is 20.8 Å². The topological polar surface area (TPSA) is 43.3 Å². The van der Waals surface area contributed by atoms with Gasteiger partial charge in [0.25, 0.3) is 0 Å². The van der Waals surface area contributed by atoms with Crippen LogP contribution in [0.25, 0.3) is 10.9 Å². The molecule has 0 unspecified atom stereocenters. The number of amides is 1. The van der Waals surface area contributed by atoms with Crippen molar-refractivity contribution < 1.29 is 13.9 Å². The molecule has 132 valence electrons. The van der Waals surface area contributed by atoms with Gasteiger partial charge >= 0.3 is 6.09 Å². The normalized spacial score (nSPS) is 12.5. The van der Waals surface area contributed by atoms with Crippen LogP contribution in [0.3, 0.4) is 0 Å². The summed E-state index contributed by atoms with van der Waals surface area (Å²) in [6, 6.07) is 6.88. The molecule has 0 aliphatic heterocycles. The van der Waals surface area contributed by atoms with Crippen LogP contribution in [-0.2, 0) is 16.7 Å². The van der Waals surface area contributed by atoms with E-state index in [2.05, 4.69) is 36.7 Å². The third-order valence-corrected chi connectivity index (χ3v) is 3.64. The van der Waals surface area contributed by atoms with Crippen LogP contribution in [-0.4, -0.2) is 22.8 Å². The largest absolute Gasteiger partial charge is 0.444 e. The van der Waals surface area contributed by atoms with Crippen molar-refractivity contribution in [1.29, 1.82) is 0 Å². The average Bonchev–Trinajstić information content (AvgIpc) is 2.75. The molecule has 0 radical (unpaired) electrons. The molecule has 5 heteroatoms. The molecule has 0 spiro atoms. The molecule has 0 saturated heterocycles. The summed E-state index contributed by atoms with van der Waals surface area (Å²) in [7, 11) is 0. The first kappa shape index (κ1) is 18.3. The number of carbonyl (C=O) groups is 1. The Bertz CT molecular complexity index is 736. The van der Waals surface area contributed by atoms with Gasteiger partial charge in [0.05, 0.1) is 5.52 Å². The minimum absolute atomic E-state index is 0.0819. The number of carbonyl (C=O) groups excluding carboxylic acids is 1. The van der Waals surface area contributed by atoms with Crippen molar-refractivity contribution in [2.45, 2.75) is 59.1 Å². The van der Waals surface area contributed by atoms with Crippen LogP contribution in [0.15, 0.2) is 24.3 Å². The zero-order valence-electron chi connectivity index (χ0n) is 15.4. The number of halogens is 1. The third-order valence-electron chi connectivity index (χ3n) is 3.64. The Labute approximate surface area is 143 Å². The van der Waals surface area contributed by atoms with Crippen molar-refractivity contribution in [2.24, 2.45) is 0 Å².